The number of aromatic nitrogens is 2. The molecule has 2 aliphatic carbocycles. The van der Waals surface area contributed by atoms with Gasteiger partial charge in [0.15, 0.2) is 33.9 Å². The normalized spacial score (nSPS) is 14.1. The molecule has 2 aromatic heterocycles. The monoisotopic (exact) mass is 718 g/mol. The average molecular weight is 719 g/mol. The number of methoxy groups -OCH3 is 2. The number of primary amides is 1. The second-order valence-corrected chi connectivity index (χ2v) is 13.5. The fraction of sp³-hybridized carbons (Fsp3) is 0.333. The van der Waals surface area contributed by atoms with Crippen molar-refractivity contribution in [2.24, 2.45) is 17.6 Å². The Morgan fingerprint density at radius 3 is 1.49 bits per heavy atom. The molecule has 2 fully saturated rings. The molecular weight excluding hydrogens is 672 g/mol. The molecule has 0 atom stereocenters. The Morgan fingerprint density at radius 1 is 0.698 bits per heavy atom. The molecule has 2 aliphatic rings. The number of nitrogens with two attached hydrogens (primary N) is 1. The van der Waals surface area contributed by atoms with E-state index < -0.39 is 5.91 Å². The number of rotatable bonds is 13. The number of benzene rings is 2. The number of pyridine rings is 2. The fourth-order valence-corrected chi connectivity index (χ4v) is 5.97. The van der Waals surface area contributed by atoms with Crippen molar-refractivity contribution in [1.29, 1.82) is 5.26 Å². The molecule has 0 radical (unpaired) electrons. The number of amides is 1. The molecule has 11 nitrogen and oxygen atoms in total. The maximum absolute atomic E-state index is 12.1. The van der Waals surface area contributed by atoms with Gasteiger partial charge < -0.3 is 33.8 Å². The summed E-state index contributed by atoms with van der Waals surface area (Å²) < 4.78 is 26.0. The molecule has 0 saturated heterocycles. The van der Waals surface area contributed by atoms with E-state index >= 15 is 0 Å². The first-order valence-corrected chi connectivity index (χ1v) is 17.6. The predicted molar refractivity (Wildman–Crippen MR) is 206 cm³/mol. The van der Waals surface area contributed by atoms with E-state index in [0.717, 1.165) is 22.5 Å². The van der Waals surface area contributed by atoms with Crippen LogP contribution in [0, 0.1) is 50.9 Å². The van der Waals surface area contributed by atoms with Gasteiger partial charge in [0, 0.05) is 47.0 Å². The number of ether oxygens (including phenoxy) is 4. The van der Waals surface area contributed by atoms with E-state index in [1.807, 2.05) is 44.2 Å². The summed E-state index contributed by atoms with van der Waals surface area (Å²) in [7, 11) is 3.21. The Bertz CT molecular complexity index is 2160. The molecule has 1 amide bonds. The summed E-state index contributed by atoms with van der Waals surface area (Å²) in [6.07, 6.45) is 8.29. The summed E-state index contributed by atoms with van der Waals surface area (Å²) in [6.45, 7) is 8.51. The number of aryl methyl sites for hydroxylation is 4. The summed E-state index contributed by atoms with van der Waals surface area (Å²) in [5.74, 6) is 3.30. The molecule has 11 heteroatoms. The summed E-state index contributed by atoms with van der Waals surface area (Å²) in [6, 6.07) is 19.3. The molecule has 0 aliphatic heterocycles. The van der Waals surface area contributed by atoms with Crippen LogP contribution in [-0.2, 0) is 4.79 Å². The first kappa shape index (κ1) is 38.2. The van der Waals surface area contributed by atoms with Crippen molar-refractivity contribution in [1.82, 2.24) is 9.13 Å². The molecule has 2 heterocycles. The van der Waals surface area contributed by atoms with Crippen LogP contribution in [0.15, 0.2) is 70.3 Å². The molecule has 2 aromatic carbocycles. The maximum Gasteiger partial charge on any atom is 0.265 e. The minimum Gasteiger partial charge on any atom is -0.493 e. The van der Waals surface area contributed by atoms with Crippen LogP contribution in [0.1, 0.15) is 59.6 Å². The van der Waals surface area contributed by atoms with Gasteiger partial charge in [-0.2, -0.15) is 5.26 Å². The number of nitriles is 1. The lowest BCUT2D eigenvalue weighted by atomic mass is 10.1. The minimum absolute atomic E-state index is 0.0613. The molecule has 4 aromatic rings. The van der Waals surface area contributed by atoms with E-state index in [2.05, 4.69) is 6.07 Å². The highest BCUT2D eigenvalue weighted by Gasteiger charge is 2.23. The van der Waals surface area contributed by atoms with Crippen LogP contribution in [0.2, 0.25) is 0 Å². The SMILES string of the molecule is COc1ccc(/C=C(\C#N)n2c(C)cc(=O)cc2C)cc1OCC1CC1.COc1ccc(/C=C(\C(N)=O)n2c(C)cc(=O)cc2C)cc1OCC1CC1. The highest BCUT2D eigenvalue weighted by molar-refractivity contribution is 6.18. The lowest BCUT2D eigenvalue weighted by Crippen LogP contribution is -2.22. The summed E-state index contributed by atoms with van der Waals surface area (Å²) in [5.41, 5.74) is 10.5. The van der Waals surface area contributed by atoms with E-state index in [9.17, 15) is 19.6 Å². The number of hydrogen-bond donors (Lipinski definition) is 1. The van der Waals surface area contributed by atoms with Crippen LogP contribution in [-0.4, -0.2) is 42.5 Å². The van der Waals surface area contributed by atoms with Crippen LogP contribution in [0.4, 0.5) is 0 Å². The molecule has 0 bridgehead atoms. The summed E-state index contributed by atoms with van der Waals surface area (Å²) >= 11 is 0. The topological polar surface area (TPSA) is 148 Å². The Morgan fingerprint density at radius 2 is 1.11 bits per heavy atom. The van der Waals surface area contributed by atoms with E-state index in [1.54, 1.807) is 55.4 Å². The van der Waals surface area contributed by atoms with Crippen LogP contribution < -0.4 is 35.5 Å². The Balaban J connectivity index is 0.000000204. The van der Waals surface area contributed by atoms with Gasteiger partial charge in [-0.15, -0.1) is 0 Å². The van der Waals surface area contributed by atoms with Gasteiger partial charge in [-0.25, -0.2) is 0 Å². The van der Waals surface area contributed by atoms with Crippen molar-refractivity contribution >= 4 is 29.5 Å². The first-order chi connectivity index (χ1) is 25.4. The highest BCUT2D eigenvalue weighted by Crippen LogP contribution is 2.35. The van der Waals surface area contributed by atoms with Crippen molar-refractivity contribution in [3.63, 3.8) is 0 Å². The van der Waals surface area contributed by atoms with Crippen molar-refractivity contribution in [2.75, 3.05) is 27.4 Å². The minimum atomic E-state index is -0.582. The second-order valence-electron chi connectivity index (χ2n) is 13.5. The zero-order chi connectivity index (χ0) is 38.2. The maximum atomic E-state index is 12.1. The number of carbonyl (C=O) groups excluding carboxylic acids is 1. The quantitative estimate of drug-likeness (QED) is 0.121. The largest absolute Gasteiger partial charge is 0.493 e. The first-order valence-electron chi connectivity index (χ1n) is 17.6. The summed E-state index contributed by atoms with van der Waals surface area (Å²) in [4.78, 5) is 35.4. The van der Waals surface area contributed by atoms with Gasteiger partial charge in [0.25, 0.3) is 5.91 Å². The third kappa shape index (κ3) is 10.1. The smallest absolute Gasteiger partial charge is 0.265 e. The van der Waals surface area contributed by atoms with Gasteiger partial charge in [-0.1, -0.05) is 12.1 Å². The highest BCUT2D eigenvalue weighted by atomic mass is 16.5. The van der Waals surface area contributed by atoms with E-state index in [0.29, 0.717) is 65.1 Å². The van der Waals surface area contributed by atoms with Gasteiger partial charge >= 0.3 is 0 Å². The van der Waals surface area contributed by atoms with E-state index in [4.69, 9.17) is 24.7 Å². The molecule has 2 saturated carbocycles. The van der Waals surface area contributed by atoms with Gasteiger partial charge in [0.1, 0.15) is 17.5 Å². The van der Waals surface area contributed by atoms with Gasteiger partial charge in [0.2, 0.25) is 0 Å². The standard InChI is InChI=1S/C21H24N2O4.C21H22N2O3/c1-13-8-17(24)9-14(2)23(13)18(21(22)25)10-16-6-7-19(26-3)20(11-16)27-12-15-4-5-15;1-14-8-19(24)9-15(2)23(14)18(12-22)10-17-6-7-20(25-3)21(11-17)26-13-16-4-5-16/h6-11,15H,4-5,12H2,1-3H3,(H2,22,25);6-11,16H,4-5,13H2,1-3H3/b2*18-10+. The fourth-order valence-electron chi connectivity index (χ4n) is 5.97. The average Bonchev–Trinajstić information content (AvgIpc) is 4.05. The van der Waals surface area contributed by atoms with Crippen molar-refractivity contribution in [3.8, 4) is 29.1 Å². The predicted octanol–water partition coefficient (Wildman–Crippen LogP) is 6.53. The molecule has 53 heavy (non-hydrogen) atoms. The van der Waals surface area contributed by atoms with E-state index in [1.165, 1.54) is 49.9 Å². The van der Waals surface area contributed by atoms with Crippen molar-refractivity contribution in [3.05, 3.63) is 115 Å². The van der Waals surface area contributed by atoms with Crippen molar-refractivity contribution in [2.45, 2.75) is 53.4 Å². The van der Waals surface area contributed by atoms with Crippen molar-refractivity contribution < 1.29 is 23.7 Å². The molecular formula is C42H46N4O7. The van der Waals surface area contributed by atoms with Crippen LogP contribution in [0.3, 0.4) is 0 Å². The number of carbonyl (C=O) groups is 1. The molecule has 0 unspecified atom stereocenters. The lowest BCUT2D eigenvalue weighted by molar-refractivity contribution is -0.113. The zero-order valence-electron chi connectivity index (χ0n) is 31.1. The van der Waals surface area contributed by atoms with E-state index in [-0.39, 0.29) is 16.6 Å². The zero-order valence-corrected chi connectivity index (χ0v) is 31.1. The van der Waals surface area contributed by atoms with Gasteiger partial charge in [-0.3, -0.25) is 14.4 Å². The molecule has 276 valence electrons. The van der Waals surface area contributed by atoms with Crippen LogP contribution in [0.5, 0.6) is 23.0 Å². The van der Waals surface area contributed by atoms with Crippen LogP contribution in [0.25, 0.3) is 23.5 Å². The Hall–Kier alpha value is -6.02. The Labute approximate surface area is 309 Å². The van der Waals surface area contributed by atoms with Gasteiger partial charge in [0.05, 0.1) is 27.4 Å². The lowest BCUT2D eigenvalue weighted by Gasteiger charge is -2.16. The molecule has 6 rings (SSSR count). The molecule has 0 spiro atoms. The third-order valence-corrected chi connectivity index (χ3v) is 8.99. The number of nitrogens with zero attached hydrogens (tertiary/aromatic N) is 3. The Kier molecular flexibility index (Phi) is 12.3. The third-order valence-electron chi connectivity index (χ3n) is 8.99. The second kappa shape index (κ2) is 17.0. The van der Waals surface area contributed by atoms with Gasteiger partial charge in [-0.05, 0) is 113 Å². The van der Waals surface area contributed by atoms with Crippen LogP contribution >= 0.6 is 0 Å². The summed E-state index contributed by atoms with van der Waals surface area (Å²) in [5, 5.41) is 9.64. The molecule has 2 N–H and O–H groups in total. The number of allylic oxidation sites excluding steroid dienone is 1. The number of hydrogen-bond acceptors (Lipinski definition) is 8.